The van der Waals surface area contributed by atoms with Crippen molar-refractivity contribution in [1.82, 2.24) is 19.9 Å². The molecule has 1 fully saturated rings. The van der Waals surface area contributed by atoms with Crippen LogP contribution in [0.25, 0.3) is 0 Å². The van der Waals surface area contributed by atoms with Crippen LogP contribution in [-0.2, 0) is 14.8 Å². The van der Waals surface area contributed by atoms with Crippen LogP contribution in [0.2, 0.25) is 0 Å². The minimum atomic E-state index is -3.69. The Morgan fingerprint density at radius 1 is 1.45 bits per heavy atom. The summed E-state index contributed by atoms with van der Waals surface area (Å²) in [7, 11) is -3.69. The zero-order chi connectivity index (χ0) is 21.5. The van der Waals surface area contributed by atoms with Crippen LogP contribution >= 0.6 is 0 Å². The predicted molar refractivity (Wildman–Crippen MR) is 107 cm³/mol. The van der Waals surface area contributed by atoms with Crippen LogP contribution in [-0.4, -0.2) is 73.7 Å². The number of nitrogens with one attached hydrogen (secondary N) is 3. The number of sulfonamides is 1. The number of likely N-dealkylation sites (tertiary alicyclic amines) is 1. The molecule has 0 radical (unpaired) electrons. The normalized spacial score (nSPS) is 17.2. The molecule has 1 aliphatic heterocycles. The molecule has 10 nitrogen and oxygen atoms in total. The lowest BCUT2D eigenvalue weighted by Gasteiger charge is -2.28. The van der Waals surface area contributed by atoms with E-state index < -0.39 is 15.6 Å². The molecule has 0 aromatic carbocycles. The molecular weight excluding hydrogens is 396 g/mol. The zero-order valence-electron chi connectivity index (χ0n) is 16.7. The molecule has 1 unspecified atom stereocenters. The number of amides is 1. The fraction of sp³-hybridized carbons (Fsp3) is 0.611. The fourth-order valence-corrected chi connectivity index (χ4v) is 3.86. The number of hydrogen-bond donors (Lipinski definition) is 4. The second-order valence-corrected chi connectivity index (χ2v) is 9.23. The monoisotopic (exact) mass is 424 g/mol. The molecule has 11 heteroatoms. The van der Waals surface area contributed by atoms with Crippen molar-refractivity contribution in [1.29, 1.82) is 5.26 Å². The quantitative estimate of drug-likeness (QED) is 0.398. The van der Waals surface area contributed by atoms with E-state index in [-0.39, 0.29) is 36.5 Å². The molecule has 4 N–H and O–H groups in total. The van der Waals surface area contributed by atoms with E-state index in [1.54, 1.807) is 11.0 Å². The van der Waals surface area contributed by atoms with Gasteiger partial charge in [0.25, 0.3) is 0 Å². The second-order valence-electron chi connectivity index (χ2n) is 7.47. The number of nitriles is 1. The Kier molecular flexibility index (Phi) is 7.92. The van der Waals surface area contributed by atoms with Crippen molar-refractivity contribution in [3.05, 3.63) is 18.3 Å². The van der Waals surface area contributed by atoms with Gasteiger partial charge in [0.1, 0.15) is 16.8 Å². The first-order valence-electron chi connectivity index (χ1n) is 9.43. The fourth-order valence-electron chi connectivity index (χ4n) is 2.90. The molecule has 0 bridgehead atoms. The molecule has 1 aliphatic rings. The Morgan fingerprint density at radius 3 is 2.83 bits per heavy atom. The van der Waals surface area contributed by atoms with Crippen LogP contribution < -0.4 is 15.4 Å². The summed E-state index contributed by atoms with van der Waals surface area (Å²) < 4.78 is 26.2. The number of aliphatic hydroxyl groups excluding tert-OH is 1. The van der Waals surface area contributed by atoms with E-state index in [9.17, 15) is 13.2 Å². The third-order valence-corrected chi connectivity index (χ3v) is 6.05. The van der Waals surface area contributed by atoms with Gasteiger partial charge in [0.2, 0.25) is 15.9 Å². The van der Waals surface area contributed by atoms with E-state index in [0.29, 0.717) is 18.9 Å². The van der Waals surface area contributed by atoms with E-state index in [1.807, 2.05) is 13.8 Å². The molecule has 2 rings (SSSR count). The number of anilines is 1. The smallest absolute Gasteiger partial charge is 0.242 e. The first-order chi connectivity index (χ1) is 13.7. The molecule has 1 aromatic rings. The van der Waals surface area contributed by atoms with Crippen LogP contribution in [0.4, 0.5) is 5.82 Å². The highest BCUT2D eigenvalue weighted by Gasteiger charge is 2.29. The Balaban J connectivity index is 1.85. The third kappa shape index (κ3) is 6.64. The maximum Gasteiger partial charge on any atom is 0.242 e. The van der Waals surface area contributed by atoms with Crippen LogP contribution in [0.3, 0.4) is 0 Å². The number of aromatic nitrogens is 1. The Labute approximate surface area is 171 Å². The first kappa shape index (κ1) is 23.0. The Hall–Kier alpha value is -2.26. The van der Waals surface area contributed by atoms with Gasteiger partial charge in [-0.05, 0) is 38.8 Å². The van der Waals surface area contributed by atoms with Crippen molar-refractivity contribution in [2.24, 2.45) is 0 Å². The average molecular weight is 425 g/mol. The van der Waals surface area contributed by atoms with Crippen LogP contribution in [0.1, 0.15) is 26.7 Å². The molecule has 2 heterocycles. The summed E-state index contributed by atoms with van der Waals surface area (Å²) in [5, 5.41) is 24.1. The molecule has 1 amide bonds. The van der Waals surface area contributed by atoms with E-state index in [1.165, 1.54) is 12.3 Å². The van der Waals surface area contributed by atoms with E-state index in [4.69, 9.17) is 10.4 Å². The largest absolute Gasteiger partial charge is 0.395 e. The molecule has 29 heavy (non-hydrogen) atoms. The van der Waals surface area contributed by atoms with Crippen molar-refractivity contribution in [2.45, 2.75) is 43.2 Å². The highest BCUT2D eigenvalue weighted by Crippen LogP contribution is 2.16. The SMILES string of the molecule is CC(C)(CNc1ccc(S(=O)(=O)NCCO)cn1)NCC(=O)N1CCCC1C#N. The number of carbonyl (C=O) groups is 1. The van der Waals surface area contributed by atoms with Gasteiger partial charge in [-0.2, -0.15) is 5.26 Å². The van der Waals surface area contributed by atoms with Gasteiger partial charge >= 0.3 is 0 Å². The number of nitrogens with zero attached hydrogens (tertiary/aromatic N) is 3. The second kappa shape index (κ2) is 9.98. The summed E-state index contributed by atoms with van der Waals surface area (Å²) >= 11 is 0. The van der Waals surface area contributed by atoms with Crippen molar-refractivity contribution in [2.75, 3.05) is 38.1 Å². The van der Waals surface area contributed by atoms with Crippen LogP contribution in [0.5, 0.6) is 0 Å². The minimum Gasteiger partial charge on any atom is -0.395 e. The summed E-state index contributed by atoms with van der Waals surface area (Å²) in [6.07, 6.45) is 2.81. The van der Waals surface area contributed by atoms with E-state index in [2.05, 4.69) is 26.4 Å². The summed E-state index contributed by atoms with van der Waals surface area (Å²) in [6.45, 7) is 4.70. The molecule has 0 spiro atoms. The highest BCUT2D eigenvalue weighted by atomic mass is 32.2. The third-order valence-electron chi connectivity index (χ3n) is 4.60. The highest BCUT2D eigenvalue weighted by molar-refractivity contribution is 7.89. The van der Waals surface area contributed by atoms with Crippen molar-refractivity contribution >= 4 is 21.7 Å². The van der Waals surface area contributed by atoms with E-state index >= 15 is 0 Å². The number of hydrogen-bond acceptors (Lipinski definition) is 8. The lowest BCUT2D eigenvalue weighted by Crippen LogP contribution is -2.50. The number of pyridine rings is 1. The molecule has 1 aromatic heterocycles. The van der Waals surface area contributed by atoms with Crippen molar-refractivity contribution in [3.8, 4) is 6.07 Å². The zero-order valence-corrected chi connectivity index (χ0v) is 17.5. The van der Waals surface area contributed by atoms with Crippen molar-refractivity contribution < 1.29 is 18.3 Å². The van der Waals surface area contributed by atoms with Crippen LogP contribution in [0, 0.1) is 11.3 Å². The average Bonchev–Trinajstić information content (AvgIpc) is 3.18. The van der Waals surface area contributed by atoms with Gasteiger partial charge in [0.15, 0.2) is 0 Å². The maximum absolute atomic E-state index is 12.3. The summed E-state index contributed by atoms with van der Waals surface area (Å²) in [4.78, 5) is 18.1. The van der Waals surface area contributed by atoms with Gasteiger partial charge in [-0.15, -0.1) is 0 Å². The van der Waals surface area contributed by atoms with Crippen molar-refractivity contribution in [3.63, 3.8) is 0 Å². The maximum atomic E-state index is 12.3. The molecule has 1 atom stereocenters. The lowest BCUT2D eigenvalue weighted by atomic mass is 10.1. The molecule has 160 valence electrons. The minimum absolute atomic E-state index is 0.0112. The molecule has 1 saturated heterocycles. The van der Waals surface area contributed by atoms with Gasteiger partial charge < -0.3 is 20.6 Å². The Morgan fingerprint density at radius 2 is 2.21 bits per heavy atom. The number of aliphatic hydroxyl groups is 1. The lowest BCUT2D eigenvalue weighted by molar-refractivity contribution is -0.130. The summed E-state index contributed by atoms with van der Waals surface area (Å²) in [5.41, 5.74) is -0.438. The standard InChI is InChI=1S/C18H28N6O4S/c1-18(2,22-12-17(26)24-8-3-4-14(24)10-19)13-21-16-6-5-15(11-20-16)29(27,28)23-7-9-25/h5-6,11,14,22-23,25H,3-4,7-9,12-13H2,1-2H3,(H,20,21). The predicted octanol–water partition coefficient (Wildman–Crippen LogP) is -0.353. The Bertz CT molecular complexity index is 835. The van der Waals surface area contributed by atoms with Crippen LogP contribution in [0.15, 0.2) is 23.2 Å². The van der Waals surface area contributed by atoms with Gasteiger partial charge in [0, 0.05) is 31.4 Å². The van der Waals surface area contributed by atoms with Gasteiger partial charge in [0.05, 0.1) is 19.2 Å². The summed E-state index contributed by atoms with van der Waals surface area (Å²) in [6, 6.07) is 4.80. The van der Waals surface area contributed by atoms with E-state index in [0.717, 1.165) is 12.8 Å². The topological polar surface area (TPSA) is 147 Å². The van der Waals surface area contributed by atoms with Gasteiger partial charge in [-0.25, -0.2) is 18.1 Å². The summed E-state index contributed by atoms with van der Waals surface area (Å²) in [5.74, 6) is 0.404. The molecule has 0 aliphatic carbocycles. The molecule has 0 saturated carbocycles. The van der Waals surface area contributed by atoms with Gasteiger partial charge in [-0.1, -0.05) is 0 Å². The number of rotatable bonds is 10. The first-order valence-corrected chi connectivity index (χ1v) is 10.9. The van der Waals surface area contributed by atoms with Gasteiger partial charge in [-0.3, -0.25) is 4.79 Å². The number of carbonyl (C=O) groups excluding carboxylic acids is 1. The molecular formula is C18H28N6O4S.